The molecule has 21 heavy (non-hydrogen) atoms. The van der Waals surface area contributed by atoms with E-state index in [4.69, 9.17) is 0 Å². The first-order valence-corrected chi connectivity index (χ1v) is 7.86. The van der Waals surface area contributed by atoms with Crippen LogP contribution in [0.2, 0.25) is 0 Å². The molecule has 0 aromatic carbocycles. The van der Waals surface area contributed by atoms with E-state index in [1.54, 1.807) is 6.92 Å². The van der Waals surface area contributed by atoms with Gasteiger partial charge in [-0.1, -0.05) is 13.8 Å². The lowest BCUT2D eigenvalue weighted by molar-refractivity contribution is -0.139. The van der Waals surface area contributed by atoms with E-state index in [9.17, 15) is 14.4 Å². The largest absolute Gasteiger partial charge is 0.338 e. The van der Waals surface area contributed by atoms with Crippen LogP contribution in [0.1, 0.15) is 39.5 Å². The summed E-state index contributed by atoms with van der Waals surface area (Å²) in [5, 5.41) is 2.90. The fraction of sp³-hybridized carbons (Fsp3) is 0.800. The lowest BCUT2D eigenvalue weighted by atomic mass is 10.0. The number of carbonyl (C=O) groups excluding carboxylic acids is 3. The van der Waals surface area contributed by atoms with E-state index in [-0.39, 0.29) is 23.8 Å². The van der Waals surface area contributed by atoms with E-state index >= 15 is 0 Å². The van der Waals surface area contributed by atoms with Crippen LogP contribution in [0.5, 0.6) is 0 Å². The summed E-state index contributed by atoms with van der Waals surface area (Å²) >= 11 is 0. The molecule has 0 saturated carbocycles. The van der Waals surface area contributed by atoms with Gasteiger partial charge in [0, 0.05) is 38.5 Å². The number of carbonyl (C=O) groups is 3. The first-order chi connectivity index (χ1) is 9.99. The van der Waals surface area contributed by atoms with Crippen molar-refractivity contribution >= 4 is 17.8 Å². The molecule has 0 bridgehead atoms. The third-order valence-electron chi connectivity index (χ3n) is 4.16. The summed E-state index contributed by atoms with van der Waals surface area (Å²) < 4.78 is 0. The molecule has 1 unspecified atom stereocenters. The number of rotatable bonds is 6. The van der Waals surface area contributed by atoms with E-state index < -0.39 is 0 Å². The van der Waals surface area contributed by atoms with E-state index in [1.807, 2.05) is 4.90 Å². The Hall–Kier alpha value is -1.59. The van der Waals surface area contributed by atoms with Crippen LogP contribution < -0.4 is 5.32 Å². The Kier molecular flexibility index (Phi) is 5.20. The van der Waals surface area contributed by atoms with Crippen molar-refractivity contribution in [3.8, 4) is 0 Å². The van der Waals surface area contributed by atoms with E-state index in [2.05, 4.69) is 12.2 Å². The van der Waals surface area contributed by atoms with Crippen molar-refractivity contribution in [2.24, 2.45) is 11.8 Å². The van der Waals surface area contributed by atoms with Gasteiger partial charge in [-0.15, -0.1) is 0 Å². The highest BCUT2D eigenvalue weighted by Gasteiger charge is 2.34. The molecule has 2 fully saturated rings. The Labute approximate surface area is 125 Å². The molecule has 4 amide bonds. The highest BCUT2D eigenvalue weighted by molar-refractivity contribution is 6.03. The van der Waals surface area contributed by atoms with Crippen LogP contribution in [0.25, 0.3) is 0 Å². The molecule has 2 rings (SSSR count). The Bertz CT molecular complexity index is 418. The van der Waals surface area contributed by atoms with Crippen LogP contribution in [0.3, 0.4) is 0 Å². The lowest BCUT2D eigenvalue weighted by Crippen LogP contribution is -2.52. The number of unbranched alkanes of at least 4 members (excludes halogenated alkanes) is 2. The van der Waals surface area contributed by atoms with Gasteiger partial charge >= 0.3 is 6.03 Å². The number of amides is 4. The molecule has 6 nitrogen and oxygen atoms in total. The van der Waals surface area contributed by atoms with Crippen molar-refractivity contribution in [3.63, 3.8) is 0 Å². The molecule has 0 aromatic rings. The molecule has 0 radical (unpaired) electrons. The molecular weight excluding hydrogens is 270 g/mol. The summed E-state index contributed by atoms with van der Waals surface area (Å²) in [7, 11) is 0. The van der Waals surface area contributed by atoms with Crippen LogP contribution in [-0.4, -0.2) is 53.8 Å². The Morgan fingerprint density at radius 3 is 2.48 bits per heavy atom. The Morgan fingerprint density at radius 2 is 1.90 bits per heavy atom. The van der Waals surface area contributed by atoms with Gasteiger partial charge < -0.3 is 10.2 Å². The maximum absolute atomic E-state index is 11.7. The summed E-state index contributed by atoms with van der Waals surface area (Å²) in [6, 6.07) is 0.0202. The average molecular weight is 295 g/mol. The molecule has 2 saturated heterocycles. The number of nitrogens with zero attached hydrogens (tertiary/aromatic N) is 2. The molecule has 1 atom stereocenters. The number of hydrogen-bond acceptors (Lipinski definition) is 3. The van der Waals surface area contributed by atoms with Crippen LogP contribution in [-0.2, 0) is 9.59 Å². The molecule has 0 spiro atoms. The van der Waals surface area contributed by atoms with E-state index in [0.29, 0.717) is 25.4 Å². The van der Waals surface area contributed by atoms with Crippen molar-refractivity contribution in [2.75, 3.05) is 26.2 Å². The van der Waals surface area contributed by atoms with Gasteiger partial charge in [0.05, 0.1) is 0 Å². The van der Waals surface area contributed by atoms with Crippen molar-refractivity contribution in [3.05, 3.63) is 0 Å². The zero-order valence-electron chi connectivity index (χ0n) is 12.9. The maximum Gasteiger partial charge on any atom is 0.317 e. The summed E-state index contributed by atoms with van der Waals surface area (Å²) in [6.07, 6.45) is 2.94. The summed E-state index contributed by atoms with van der Waals surface area (Å²) in [6.45, 7) is 6.80. The quantitative estimate of drug-likeness (QED) is 0.591. The highest BCUT2D eigenvalue weighted by Crippen LogP contribution is 2.19. The molecule has 2 aliphatic rings. The Morgan fingerprint density at radius 1 is 1.19 bits per heavy atom. The maximum atomic E-state index is 11.7. The first kappa shape index (κ1) is 15.8. The van der Waals surface area contributed by atoms with Crippen LogP contribution in [0.4, 0.5) is 4.79 Å². The molecule has 0 aliphatic carbocycles. The number of hydrogen-bond donors (Lipinski definition) is 1. The zero-order valence-corrected chi connectivity index (χ0v) is 12.9. The summed E-state index contributed by atoms with van der Waals surface area (Å²) in [5.41, 5.74) is 0. The third kappa shape index (κ3) is 3.95. The van der Waals surface area contributed by atoms with Crippen LogP contribution in [0.15, 0.2) is 0 Å². The number of nitrogens with one attached hydrogen (secondary N) is 1. The minimum absolute atomic E-state index is 0.0202. The normalized spacial score (nSPS) is 22.7. The predicted octanol–water partition coefficient (Wildman–Crippen LogP) is 1.21. The summed E-state index contributed by atoms with van der Waals surface area (Å²) in [5.74, 6) is 0.372. The van der Waals surface area contributed by atoms with Crippen LogP contribution in [0, 0.1) is 11.8 Å². The van der Waals surface area contributed by atoms with Crippen molar-refractivity contribution in [1.29, 1.82) is 0 Å². The minimum atomic E-state index is -0.157. The fourth-order valence-electron chi connectivity index (χ4n) is 2.83. The summed E-state index contributed by atoms with van der Waals surface area (Å²) in [4.78, 5) is 38.1. The van der Waals surface area contributed by atoms with Gasteiger partial charge in [0.1, 0.15) is 0 Å². The van der Waals surface area contributed by atoms with Gasteiger partial charge in [-0.25, -0.2) is 4.79 Å². The van der Waals surface area contributed by atoms with Gasteiger partial charge in [-0.3, -0.25) is 14.5 Å². The molecular formula is C15H25N3O3. The second kappa shape index (κ2) is 6.91. The average Bonchev–Trinajstić information content (AvgIpc) is 2.64. The third-order valence-corrected chi connectivity index (χ3v) is 4.16. The number of likely N-dealkylation sites (tertiary alicyclic amines) is 2. The fourth-order valence-corrected chi connectivity index (χ4v) is 2.83. The van der Waals surface area contributed by atoms with Gasteiger partial charge in [0.25, 0.3) is 0 Å². The predicted molar refractivity (Wildman–Crippen MR) is 78.5 cm³/mol. The monoisotopic (exact) mass is 295 g/mol. The molecule has 6 heteroatoms. The molecule has 0 aromatic heterocycles. The Balaban J connectivity index is 1.51. The van der Waals surface area contributed by atoms with Crippen molar-refractivity contribution < 1.29 is 14.4 Å². The van der Waals surface area contributed by atoms with Crippen molar-refractivity contribution in [1.82, 2.24) is 15.1 Å². The molecule has 1 N–H and O–H groups in total. The first-order valence-electron chi connectivity index (χ1n) is 7.86. The highest BCUT2D eigenvalue weighted by atomic mass is 16.2. The van der Waals surface area contributed by atoms with Gasteiger partial charge in [0.2, 0.25) is 11.8 Å². The van der Waals surface area contributed by atoms with Gasteiger partial charge in [-0.05, 0) is 25.2 Å². The second-order valence-electron chi connectivity index (χ2n) is 6.29. The van der Waals surface area contributed by atoms with E-state index in [1.165, 1.54) is 4.90 Å². The van der Waals surface area contributed by atoms with E-state index in [0.717, 1.165) is 32.4 Å². The van der Waals surface area contributed by atoms with Crippen LogP contribution >= 0.6 is 0 Å². The van der Waals surface area contributed by atoms with Gasteiger partial charge in [0.15, 0.2) is 0 Å². The number of urea groups is 1. The molecule has 118 valence electrons. The number of imide groups is 1. The SMILES string of the molecule is CC1CN(C(=O)NCCCCCN2C(=O)CC(C)C2=O)C1. The minimum Gasteiger partial charge on any atom is -0.338 e. The smallest absolute Gasteiger partial charge is 0.317 e. The van der Waals surface area contributed by atoms with Gasteiger partial charge in [-0.2, -0.15) is 0 Å². The lowest BCUT2D eigenvalue weighted by Gasteiger charge is -2.37. The topological polar surface area (TPSA) is 69.7 Å². The standard InChI is InChI=1S/C15H25N3O3/c1-11-9-17(10-11)15(21)16-6-4-3-5-7-18-13(19)8-12(2)14(18)20/h11-12H,3-10H2,1-2H3,(H,16,21). The van der Waals surface area contributed by atoms with Crippen molar-refractivity contribution in [2.45, 2.75) is 39.5 Å². The molecule has 2 heterocycles. The molecule has 2 aliphatic heterocycles. The zero-order chi connectivity index (χ0) is 15.4. The second-order valence-corrected chi connectivity index (χ2v) is 6.29.